The van der Waals surface area contributed by atoms with Gasteiger partial charge in [-0.2, -0.15) is 0 Å². The van der Waals surface area contributed by atoms with Gasteiger partial charge < -0.3 is 24.4 Å². The molecule has 6 atom stereocenters. The van der Waals surface area contributed by atoms with Gasteiger partial charge >= 0.3 is 0 Å². The molecule has 116 valence electrons. The number of hydrogen-bond acceptors (Lipinski definition) is 5. The molecule has 2 aliphatic heterocycles. The number of benzene rings is 1. The topological polar surface area (TPSA) is 68.2 Å². The maximum Gasteiger partial charge on any atom is 0.184 e. The van der Waals surface area contributed by atoms with Gasteiger partial charge in [-0.15, -0.1) is 0 Å². The summed E-state index contributed by atoms with van der Waals surface area (Å²) in [7, 11) is 0. The second-order valence-electron chi connectivity index (χ2n) is 5.66. The van der Waals surface area contributed by atoms with Crippen molar-refractivity contribution in [2.45, 2.75) is 56.6 Å². The Bertz CT molecular complexity index is 449. The summed E-state index contributed by atoms with van der Waals surface area (Å²) < 4.78 is 17.4. The van der Waals surface area contributed by atoms with E-state index in [9.17, 15) is 10.2 Å². The molecule has 2 saturated heterocycles. The van der Waals surface area contributed by atoms with Crippen LogP contribution in [-0.4, -0.2) is 47.3 Å². The molecule has 0 aliphatic carbocycles. The van der Waals surface area contributed by atoms with E-state index in [-0.39, 0.29) is 12.2 Å². The van der Waals surface area contributed by atoms with Gasteiger partial charge in [0.1, 0.15) is 24.4 Å². The number of rotatable bonds is 3. The first kappa shape index (κ1) is 14.9. The van der Waals surface area contributed by atoms with Gasteiger partial charge in [0.05, 0.1) is 12.7 Å². The lowest BCUT2D eigenvalue weighted by Gasteiger charge is -2.46. The maximum atomic E-state index is 10.3. The lowest BCUT2D eigenvalue weighted by molar-refractivity contribution is -0.328. The SMILES string of the molecule is CCC[C@H]1O[C@@H]2CO[C@@H](c3ccccc3)O[C@H]2[C@H](O)[C@H]1O. The first-order valence-corrected chi connectivity index (χ1v) is 7.54. The highest BCUT2D eigenvalue weighted by molar-refractivity contribution is 5.16. The smallest absolute Gasteiger partial charge is 0.184 e. The highest BCUT2D eigenvalue weighted by Crippen LogP contribution is 2.34. The maximum absolute atomic E-state index is 10.3. The van der Waals surface area contributed by atoms with Crippen LogP contribution in [0.5, 0.6) is 0 Å². The van der Waals surface area contributed by atoms with Crippen molar-refractivity contribution in [3.8, 4) is 0 Å². The molecule has 2 heterocycles. The first-order valence-electron chi connectivity index (χ1n) is 7.54. The van der Waals surface area contributed by atoms with Crippen molar-refractivity contribution in [3.63, 3.8) is 0 Å². The number of hydrogen-bond donors (Lipinski definition) is 2. The molecule has 2 fully saturated rings. The molecule has 0 saturated carbocycles. The van der Waals surface area contributed by atoms with E-state index in [4.69, 9.17) is 14.2 Å². The molecule has 21 heavy (non-hydrogen) atoms. The average Bonchev–Trinajstić information content (AvgIpc) is 2.53. The summed E-state index contributed by atoms with van der Waals surface area (Å²) in [6.07, 6.45) is -2.04. The van der Waals surface area contributed by atoms with Crippen LogP contribution in [0.2, 0.25) is 0 Å². The molecule has 0 radical (unpaired) electrons. The summed E-state index contributed by atoms with van der Waals surface area (Å²) in [6.45, 7) is 2.38. The molecule has 0 unspecified atom stereocenters. The van der Waals surface area contributed by atoms with Crippen molar-refractivity contribution in [3.05, 3.63) is 35.9 Å². The van der Waals surface area contributed by atoms with Crippen molar-refractivity contribution >= 4 is 0 Å². The Morgan fingerprint density at radius 3 is 2.57 bits per heavy atom. The zero-order valence-electron chi connectivity index (χ0n) is 12.1. The summed E-state index contributed by atoms with van der Waals surface area (Å²) >= 11 is 0. The van der Waals surface area contributed by atoms with Crippen molar-refractivity contribution in [1.82, 2.24) is 0 Å². The van der Waals surface area contributed by atoms with Crippen LogP contribution in [0.1, 0.15) is 31.6 Å². The summed E-state index contributed by atoms with van der Waals surface area (Å²) in [6, 6.07) is 9.57. The molecule has 0 amide bonds. The van der Waals surface area contributed by atoms with Crippen molar-refractivity contribution in [2.75, 3.05) is 6.61 Å². The van der Waals surface area contributed by atoms with E-state index in [1.807, 2.05) is 37.3 Å². The van der Waals surface area contributed by atoms with E-state index in [2.05, 4.69) is 0 Å². The lowest BCUT2D eigenvalue weighted by atomic mass is 9.92. The Balaban J connectivity index is 1.71. The molecule has 0 bridgehead atoms. The molecular formula is C16H22O5. The predicted octanol–water partition coefficient (Wildman–Crippen LogP) is 1.39. The van der Waals surface area contributed by atoms with Gasteiger partial charge in [-0.3, -0.25) is 0 Å². The Morgan fingerprint density at radius 1 is 1.10 bits per heavy atom. The second-order valence-corrected chi connectivity index (χ2v) is 5.66. The van der Waals surface area contributed by atoms with Crippen molar-refractivity contribution in [2.24, 2.45) is 0 Å². The fourth-order valence-corrected chi connectivity index (χ4v) is 2.99. The van der Waals surface area contributed by atoms with Crippen LogP contribution < -0.4 is 0 Å². The minimum Gasteiger partial charge on any atom is -0.388 e. The zero-order chi connectivity index (χ0) is 14.8. The molecule has 1 aromatic carbocycles. The van der Waals surface area contributed by atoms with Crippen LogP contribution in [0.4, 0.5) is 0 Å². The van der Waals surface area contributed by atoms with Gasteiger partial charge in [0.2, 0.25) is 0 Å². The predicted molar refractivity (Wildman–Crippen MR) is 75.6 cm³/mol. The number of fused-ring (bicyclic) bond motifs is 1. The van der Waals surface area contributed by atoms with E-state index in [0.717, 1.165) is 12.0 Å². The van der Waals surface area contributed by atoms with Crippen LogP contribution in [0.15, 0.2) is 30.3 Å². The molecule has 0 aromatic heterocycles. The lowest BCUT2D eigenvalue weighted by Crippen LogP contribution is -2.61. The Hall–Kier alpha value is -0.980. The normalized spacial score (nSPS) is 39.8. The van der Waals surface area contributed by atoms with Gasteiger partial charge in [-0.05, 0) is 6.42 Å². The summed E-state index contributed by atoms with van der Waals surface area (Å²) in [5.74, 6) is 0. The van der Waals surface area contributed by atoms with E-state index in [0.29, 0.717) is 13.0 Å². The zero-order valence-corrected chi connectivity index (χ0v) is 12.1. The minimum atomic E-state index is -0.949. The van der Waals surface area contributed by atoms with Gasteiger partial charge in [-0.1, -0.05) is 43.7 Å². The minimum absolute atomic E-state index is 0.333. The quantitative estimate of drug-likeness (QED) is 0.882. The van der Waals surface area contributed by atoms with Gasteiger partial charge in [0, 0.05) is 5.56 Å². The number of aliphatic hydroxyl groups is 2. The Labute approximate surface area is 124 Å². The third-order valence-electron chi connectivity index (χ3n) is 4.12. The van der Waals surface area contributed by atoms with Gasteiger partial charge in [0.15, 0.2) is 6.29 Å². The summed E-state index contributed by atoms with van der Waals surface area (Å²) in [5.41, 5.74) is 0.897. The highest BCUT2D eigenvalue weighted by atomic mass is 16.7. The Morgan fingerprint density at radius 2 is 1.86 bits per heavy atom. The third-order valence-corrected chi connectivity index (χ3v) is 4.12. The molecule has 2 aliphatic rings. The fraction of sp³-hybridized carbons (Fsp3) is 0.625. The van der Waals surface area contributed by atoms with Crippen LogP contribution in [0.3, 0.4) is 0 Å². The number of aliphatic hydroxyl groups excluding tert-OH is 2. The van der Waals surface area contributed by atoms with Crippen LogP contribution >= 0.6 is 0 Å². The summed E-state index contributed by atoms with van der Waals surface area (Å²) in [5, 5.41) is 20.5. The van der Waals surface area contributed by atoms with Gasteiger partial charge in [-0.25, -0.2) is 0 Å². The number of ether oxygens (including phenoxy) is 3. The fourth-order valence-electron chi connectivity index (χ4n) is 2.99. The second kappa shape index (κ2) is 6.42. The average molecular weight is 294 g/mol. The van der Waals surface area contributed by atoms with Crippen LogP contribution in [0.25, 0.3) is 0 Å². The molecular weight excluding hydrogens is 272 g/mol. The third kappa shape index (κ3) is 2.98. The van der Waals surface area contributed by atoms with Gasteiger partial charge in [0.25, 0.3) is 0 Å². The molecule has 3 rings (SSSR count). The van der Waals surface area contributed by atoms with Crippen molar-refractivity contribution in [1.29, 1.82) is 0 Å². The summed E-state index contributed by atoms with van der Waals surface area (Å²) in [4.78, 5) is 0. The molecule has 5 heteroatoms. The van der Waals surface area contributed by atoms with Crippen LogP contribution in [-0.2, 0) is 14.2 Å². The molecule has 5 nitrogen and oxygen atoms in total. The Kier molecular flexibility index (Phi) is 4.57. The van der Waals surface area contributed by atoms with Crippen LogP contribution in [0, 0.1) is 0 Å². The van der Waals surface area contributed by atoms with E-state index in [1.165, 1.54) is 0 Å². The van der Waals surface area contributed by atoms with Crippen molar-refractivity contribution < 1.29 is 24.4 Å². The monoisotopic (exact) mass is 294 g/mol. The molecule has 1 aromatic rings. The largest absolute Gasteiger partial charge is 0.388 e. The highest BCUT2D eigenvalue weighted by Gasteiger charge is 2.48. The first-order chi connectivity index (χ1) is 10.2. The van der Waals surface area contributed by atoms with E-state index < -0.39 is 24.6 Å². The van der Waals surface area contributed by atoms with E-state index in [1.54, 1.807) is 0 Å². The van der Waals surface area contributed by atoms with E-state index >= 15 is 0 Å². The molecule has 0 spiro atoms. The standard InChI is InChI=1S/C16H22O5/c1-2-6-11-13(17)14(18)15-12(20-11)9-19-16(21-15)10-7-4-3-5-8-10/h3-5,7-8,11-18H,2,6,9H2,1H3/t11-,12-,13+,14-,15-,16-/m1/s1. The molecule has 2 N–H and O–H groups in total.